The lowest BCUT2D eigenvalue weighted by atomic mass is 9.86. The second-order valence-electron chi connectivity index (χ2n) is 5.31. The molecule has 0 spiro atoms. The van der Waals surface area contributed by atoms with Crippen molar-refractivity contribution in [2.75, 3.05) is 10.2 Å². The summed E-state index contributed by atoms with van der Waals surface area (Å²) >= 11 is 0. The van der Waals surface area contributed by atoms with Crippen molar-refractivity contribution >= 4 is 23.2 Å². The number of aliphatic imine (C=N–C) groups is 1. The van der Waals surface area contributed by atoms with Gasteiger partial charge in [-0.15, -0.1) is 0 Å². The van der Waals surface area contributed by atoms with Gasteiger partial charge in [0.25, 0.3) is 0 Å². The highest BCUT2D eigenvalue weighted by molar-refractivity contribution is 6.28. The molecule has 1 N–H and O–H groups in total. The highest BCUT2D eigenvalue weighted by atomic mass is 16.2. The van der Waals surface area contributed by atoms with Gasteiger partial charge >= 0.3 is 0 Å². The minimum atomic E-state index is -0.216. The number of carbonyl (C=O) groups is 1. The van der Waals surface area contributed by atoms with E-state index >= 15 is 0 Å². The number of guanidine groups is 1. The topological polar surface area (TPSA) is 44.7 Å². The summed E-state index contributed by atoms with van der Waals surface area (Å²) in [5.74, 6) is 0.852. The Kier molecular flexibility index (Phi) is 2.81. The molecule has 3 rings (SSSR count). The van der Waals surface area contributed by atoms with Crippen molar-refractivity contribution in [1.82, 2.24) is 0 Å². The van der Waals surface area contributed by atoms with Gasteiger partial charge in [0.1, 0.15) is 0 Å². The number of carbonyl (C=O) groups excluding carboxylic acids is 1. The number of amides is 1. The van der Waals surface area contributed by atoms with E-state index in [4.69, 9.17) is 4.99 Å². The van der Waals surface area contributed by atoms with Gasteiger partial charge < -0.3 is 5.32 Å². The van der Waals surface area contributed by atoms with E-state index in [9.17, 15) is 4.79 Å². The van der Waals surface area contributed by atoms with E-state index in [1.807, 2.05) is 24.3 Å². The first kappa shape index (κ1) is 12.2. The third-order valence-electron chi connectivity index (χ3n) is 4.05. The minimum Gasteiger partial charge on any atom is -0.324 e. The van der Waals surface area contributed by atoms with Crippen LogP contribution in [0.3, 0.4) is 0 Å². The molecule has 1 aromatic carbocycles. The van der Waals surface area contributed by atoms with Gasteiger partial charge in [-0.2, -0.15) is 0 Å². The summed E-state index contributed by atoms with van der Waals surface area (Å²) in [7, 11) is 0. The van der Waals surface area contributed by atoms with E-state index in [0.717, 1.165) is 30.6 Å². The van der Waals surface area contributed by atoms with Crippen LogP contribution in [0.2, 0.25) is 0 Å². The second kappa shape index (κ2) is 4.37. The van der Waals surface area contributed by atoms with E-state index in [1.54, 1.807) is 4.90 Å². The Labute approximate surface area is 113 Å². The molecule has 0 saturated heterocycles. The molecule has 4 heteroatoms. The van der Waals surface area contributed by atoms with Crippen LogP contribution in [-0.2, 0) is 4.79 Å². The number of rotatable bonds is 3. The molecule has 2 aliphatic rings. The zero-order chi connectivity index (χ0) is 13.5. The first-order valence-electron chi connectivity index (χ1n) is 6.98. The van der Waals surface area contributed by atoms with Gasteiger partial charge in [0.05, 0.1) is 23.3 Å². The van der Waals surface area contributed by atoms with Crippen molar-refractivity contribution in [3.05, 3.63) is 24.3 Å². The smallest absolute Gasteiger partial charge is 0.236 e. The molecule has 0 aliphatic carbocycles. The predicted octanol–water partition coefficient (Wildman–Crippen LogP) is 3.15. The molecule has 0 saturated carbocycles. The SMILES string of the molecule is CCCC1(CC)CC(=O)N2C(=N1)Nc1ccccc12. The maximum Gasteiger partial charge on any atom is 0.236 e. The van der Waals surface area contributed by atoms with Crippen molar-refractivity contribution < 1.29 is 4.79 Å². The number of hydrogen-bond acceptors (Lipinski definition) is 3. The van der Waals surface area contributed by atoms with Crippen LogP contribution in [0.1, 0.15) is 39.5 Å². The van der Waals surface area contributed by atoms with Crippen LogP contribution >= 0.6 is 0 Å². The van der Waals surface area contributed by atoms with E-state index in [0.29, 0.717) is 12.4 Å². The highest BCUT2D eigenvalue weighted by Crippen LogP contribution is 2.39. The van der Waals surface area contributed by atoms with E-state index < -0.39 is 0 Å². The molecule has 1 unspecified atom stereocenters. The van der Waals surface area contributed by atoms with Crippen molar-refractivity contribution in [2.24, 2.45) is 4.99 Å². The van der Waals surface area contributed by atoms with Gasteiger partial charge in [-0.3, -0.25) is 4.79 Å². The molecule has 19 heavy (non-hydrogen) atoms. The Balaban J connectivity index is 2.04. The Morgan fingerprint density at radius 1 is 1.37 bits per heavy atom. The third-order valence-corrected chi connectivity index (χ3v) is 4.05. The van der Waals surface area contributed by atoms with Gasteiger partial charge in [-0.1, -0.05) is 32.4 Å². The lowest BCUT2D eigenvalue weighted by Crippen LogP contribution is -2.48. The van der Waals surface area contributed by atoms with Crippen LogP contribution in [0.5, 0.6) is 0 Å². The molecule has 0 radical (unpaired) electrons. The van der Waals surface area contributed by atoms with Gasteiger partial charge in [-0.25, -0.2) is 9.89 Å². The molecule has 100 valence electrons. The summed E-state index contributed by atoms with van der Waals surface area (Å²) in [4.78, 5) is 19.1. The van der Waals surface area contributed by atoms with Crippen LogP contribution in [0, 0.1) is 0 Å². The fourth-order valence-electron chi connectivity index (χ4n) is 3.01. The summed E-state index contributed by atoms with van der Waals surface area (Å²) in [6, 6.07) is 7.86. The Morgan fingerprint density at radius 3 is 2.89 bits per heavy atom. The van der Waals surface area contributed by atoms with Crippen LogP contribution < -0.4 is 10.2 Å². The maximum absolute atomic E-state index is 12.5. The number of para-hydroxylation sites is 2. The summed E-state index contributed by atoms with van der Waals surface area (Å²) < 4.78 is 0. The number of nitrogens with zero attached hydrogens (tertiary/aromatic N) is 2. The number of benzene rings is 1. The number of hydrogen-bond donors (Lipinski definition) is 1. The van der Waals surface area contributed by atoms with E-state index in [-0.39, 0.29) is 11.4 Å². The lowest BCUT2D eigenvalue weighted by Gasteiger charge is -2.35. The van der Waals surface area contributed by atoms with E-state index in [2.05, 4.69) is 19.2 Å². The van der Waals surface area contributed by atoms with Crippen LogP contribution in [-0.4, -0.2) is 17.4 Å². The minimum absolute atomic E-state index is 0.151. The van der Waals surface area contributed by atoms with Gasteiger partial charge in [0.2, 0.25) is 11.9 Å². The van der Waals surface area contributed by atoms with Crippen molar-refractivity contribution in [2.45, 2.75) is 45.1 Å². The monoisotopic (exact) mass is 257 g/mol. The standard InChI is InChI=1S/C15H19N3O/c1-3-9-15(4-2)10-13(19)18-12-8-6-5-7-11(12)16-14(18)17-15/h5-8H,3-4,9-10H2,1-2H3,(H,16,17). The highest BCUT2D eigenvalue weighted by Gasteiger charge is 2.42. The number of anilines is 2. The molecule has 1 atom stereocenters. The van der Waals surface area contributed by atoms with Gasteiger partial charge in [-0.05, 0) is 25.0 Å². The molecule has 0 bridgehead atoms. The van der Waals surface area contributed by atoms with Gasteiger partial charge in [0.15, 0.2) is 0 Å². The van der Waals surface area contributed by atoms with Crippen LogP contribution in [0.25, 0.3) is 0 Å². The van der Waals surface area contributed by atoms with Crippen LogP contribution in [0.15, 0.2) is 29.3 Å². The summed E-state index contributed by atoms with van der Waals surface area (Å²) in [6.45, 7) is 4.26. The Hall–Kier alpha value is -1.84. The first-order chi connectivity index (χ1) is 9.19. The maximum atomic E-state index is 12.5. The zero-order valence-corrected chi connectivity index (χ0v) is 11.4. The third kappa shape index (κ3) is 1.82. The Bertz CT molecular complexity index is 552. The van der Waals surface area contributed by atoms with Crippen molar-refractivity contribution in [1.29, 1.82) is 0 Å². The number of nitrogens with one attached hydrogen (secondary N) is 1. The fraction of sp³-hybridized carbons (Fsp3) is 0.467. The molecule has 1 amide bonds. The molecule has 0 aromatic heterocycles. The molecule has 1 aromatic rings. The largest absolute Gasteiger partial charge is 0.324 e. The molecule has 4 nitrogen and oxygen atoms in total. The fourth-order valence-corrected chi connectivity index (χ4v) is 3.01. The quantitative estimate of drug-likeness (QED) is 0.904. The van der Waals surface area contributed by atoms with Crippen LogP contribution in [0.4, 0.5) is 11.4 Å². The van der Waals surface area contributed by atoms with Gasteiger partial charge in [0, 0.05) is 0 Å². The summed E-state index contributed by atoms with van der Waals surface area (Å²) in [6.07, 6.45) is 3.42. The Morgan fingerprint density at radius 2 is 2.16 bits per heavy atom. The molecule has 2 heterocycles. The lowest BCUT2D eigenvalue weighted by molar-refractivity contribution is -0.119. The normalized spacial score (nSPS) is 24.6. The molecular weight excluding hydrogens is 238 g/mol. The molecule has 2 aliphatic heterocycles. The van der Waals surface area contributed by atoms with E-state index in [1.165, 1.54) is 0 Å². The number of fused-ring (bicyclic) bond motifs is 3. The predicted molar refractivity (Wildman–Crippen MR) is 77.5 cm³/mol. The molecule has 0 fully saturated rings. The van der Waals surface area contributed by atoms with Crippen molar-refractivity contribution in [3.63, 3.8) is 0 Å². The first-order valence-corrected chi connectivity index (χ1v) is 6.98. The molecular formula is C15H19N3O. The summed E-state index contributed by atoms with van der Waals surface area (Å²) in [5.41, 5.74) is 1.68. The average molecular weight is 257 g/mol. The zero-order valence-electron chi connectivity index (χ0n) is 11.4. The summed E-state index contributed by atoms with van der Waals surface area (Å²) in [5, 5.41) is 3.27. The second-order valence-corrected chi connectivity index (χ2v) is 5.31. The average Bonchev–Trinajstić information content (AvgIpc) is 2.77. The van der Waals surface area contributed by atoms with Crippen molar-refractivity contribution in [3.8, 4) is 0 Å².